The highest BCUT2D eigenvalue weighted by Crippen LogP contribution is 2.30. The van der Waals surface area contributed by atoms with E-state index in [1.807, 2.05) is 11.3 Å². The van der Waals surface area contributed by atoms with Crippen LogP contribution in [0.4, 0.5) is 0 Å². The summed E-state index contributed by atoms with van der Waals surface area (Å²) in [5.74, 6) is 1.14. The normalized spacial score (nSPS) is 18.1. The second kappa shape index (κ2) is 8.54. The summed E-state index contributed by atoms with van der Waals surface area (Å²) in [6, 6.07) is 13.7. The summed E-state index contributed by atoms with van der Waals surface area (Å²) in [6.07, 6.45) is 8.41. The van der Waals surface area contributed by atoms with Gasteiger partial charge in [-0.1, -0.05) is 49.6 Å². The lowest BCUT2D eigenvalue weighted by molar-refractivity contribution is 0.187. The Balaban J connectivity index is 1.42. The number of nitrogens with zero attached hydrogens (tertiary/aromatic N) is 4. The Hall–Kier alpha value is -1.76. The van der Waals surface area contributed by atoms with Crippen molar-refractivity contribution in [2.24, 2.45) is 0 Å². The first-order valence-electron chi connectivity index (χ1n) is 10.8. The van der Waals surface area contributed by atoms with E-state index in [-0.39, 0.29) is 0 Å². The first-order valence-corrected chi connectivity index (χ1v) is 12.1. The van der Waals surface area contributed by atoms with Crippen LogP contribution in [0, 0.1) is 4.77 Å². The molecule has 0 unspecified atom stereocenters. The van der Waals surface area contributed by atoms with Crippen molar-refractivity contribution in [1.29, 1.82) is 0 Å². The van der Waals surface area contributed by atoms with Crippen LogP contribution in [-0.4, -0.2) is 25.8 Å². The summed E-state index contributed by atoms with van der Waals surface area (Å²) >= 11 is 7.78. The van der Waals surface area contributed by atoms with Crippen LogP contribution in [0.15, 0.2) is 41.8 Å². The van der Waals surface area contributed by atoms with Gasteiger partial charge in [0.15, 0.2) is 4.77 Å². The second-order valence-corrected chi connectivity index (χ2v) is 9.73. The summed E-state index contributed by atoms with van der Waals surface area (Å²) in [6.45, 7) is 2.83. The molecular formula is C23H28N4S2. The molecule has 1 aromatic carbocycles. The van der Waals surface area contributed by atoms with Gasteiger partial charge < -0.3 is 4.57 Å². The van der Waals surface area contributed by atoms with E-state index in [1.54, 1.807) is 0 Å². The highest BCUT2D eigenvalue weighted by atomic mass is 32.1. The fraction of sp³-hybridized carbons (Fsp3) is 0.478. The minimum Gasteiger partial charge on any atom is -0.301 e. The molecule has 5 rings (SSSR count). The molecule has 0 bridgehead atoms. The fourth-order valence-electron chi connectivity index (χ4n) is 4.82. The van der Waals surface area contributed by atoms with Gasteiger partial charge in [-0.2, -0.15) is 5.10 Å². The van der Waals surface area contributed by atoms with Gasteiger partial charge in [-0.3, -0.25) is 4.90 Å². The van der Waals surface area contributed by atoms with E-state index in [0.717, 1.165) is 43.2 Å². The molecule has 1 saturated carbocycles. The third kappa shape index (κ3) is 4.11. The van der Waals surface area contributed by atoms with Crippen molar-refractivity contribution in [3.63, 3.8) is 0 Å². The Morgan fingerprint density at radius 1 is 1.03 bits per heavy atom. The molecule has 1 fully saturated rings. The van der Waals surface area contributed by atoms with E-state index >= 15 is 0 Å². The minimum absolute atomic E-state index is 0.516. The summed E-state index contributed by atoms with van der Waals surface area (Å²) in [5, 5.41) is 7.20. The van der Waals surface area contributed by atoms with Crippen molar-refractivity contribution in [3.05, 3.63) is 68.4 Å². The molecule has 3 heterocycles. The molecule has 6 heteroatoms. The van der Waals surface area contributed by atoms with Gasteiger partial charge in [0.2, 0.25) is 0 Å². The van der Waals surface area contributed by atoms with Crippen LogP contribution < -0.4 is 0 Å². The molecule has 0 saturated heterocycles. The zero-order valence-corrected chi connectivity index (χ0v) is 18.4. The molecule has 0 N–H and O–H groups in total. The molecule has 3 aromatic rings. The molecular weight excluding hydrogens is 396 g/mol. The molecule has 2 aliphatic rings. The van der Waals surface area contributed by atoms with Crippen LogP contribution >= 0.6 is 23.6 Å². The molecule has 0 radical (unpaired) electrons. The molecule has 0 amide bonds. The number of thiophene rings is 1. The van der Waals surface area contributed by atoms with Crippen molar-refractivity contribution in [2.75, 3.05) is 6.54 Å². The maximum atomic E-state index is 5.98. The van der Waals surface area contributed by atoms with Crippen molar-refractivity contribution in [1.82, 2.24) is 19.2 Å². The van der Waals surface area contributed by atoms with E-state index in [9.17, 15) is 0 Å². The van der Waals surface area contributed by atoms with E-state index in [4.69, 9.17) is 17.3 Å². The topological polar surface area (TPSA) is 26.0 Å². The summed E-state index contributed by atoms with van der Waals surface area (Å²) in [7, 11) is 0. The predicted octanol–water partition coefficient (Wildman–Crippen LogP) is 5.59. The Bertz CT molecular complexity index is 1010. The molecule has 0 atom stereocenters. The van der Waals surface area contributed by atoms with Crippen molar-refractivity contribution in [2.45, 2.75) is 64.2 Å². The predicted molar refractivity (Wildman–Crippen MR) is 121 cm³/mol. The number of hydrogen-bond acceptors (Lipinski definition) is 4. The molecule has 29 heavy (non-hydrogen) atoms. The highest BCUT2D eigenvalue weighted by molar-refractivity contribution is 7.71. The summed E-state index contributed by atoms with van der Waals surface area (Å²) in [5.41, 5.74) is 2.93. The fourth-order valence-corrected chi connectivity index (χ4v) is 5.87. The molecule has 1 aliphatic carbocycles. The number of hydrogen-bond donors (Lipinski definition) is 0. The largest absolute Gasteiger partial charge is 0.301 e. The summed E-state index contributed by atoms with van der Waals surface area (Å²) < 4.78 is 5.38. The Kier molecular flexibility index (Phi) is 5.66. The number of rotatable bonds is 5. The first-order chi connectivity index (χ1) is 14.3. The van der Waals surface area contributed by atoms with Crippen molar-refractivity contribution >= 4 is 23.6 Å². The van der Waals surface area contributed by atoms with Gasteiger partial charge in [-0.05, 0) is 54.1 Å². The van der Waals surface area contributed by atoms with Gasteiger partial charge in [-0.25, -0.2) is 4.68 Å². The van der Waals surface area contributed by atoms with Gasteiger partial charge in [0, 0.05) is 30.4 Å². The van der Waals surface area contributed by atoms with Crippen LogP contribution in [0.3, 0.4) is 0 Å². The zero-order chi connectivity index (χ0) is 19.6. The van der Waals surface area contributed by atoms with Crippen LogP contribution in [0.2, 0.25) is 0 Å². The van der Waals surface area contributed by atoms with Gasteiger partial charge in [0.05, 0.1) is 6.67 Å². The van der Waals surface area contributed by atoms with Crippen molar-refractivity contribution < 1.29 is 0 Å². The smallest absolute Gasteiger partial charge is 0.199 e. The van der Waals surface area contributed by atoms with Gasteiger partial charge in [-0.15, -0.1) is 11.3 Å². The van der Waals surface area contributed by atoms with Crippen LogP contribution in [0.25, 0.3) is 0 Å². The lowest BCUT2D eigenvalue weighted by atomic mass is 9.95. The van der Waals surface area contributed by atoms with Crippen LogP contribution in [0.1, 0.15) is 60.0 Å². The maximum Gasteiger partial charge on any atom is 0.199 e. The Labute approximate surface area is 181 Å². The standard InChI is InChI=1S/C23H28N4S2/c28-23-26(17-25-13-12-18-7-4-5-8-19(18)16-25)24-22(15-21-11-6-14-29-21)27(23)20-9-2-1-3-10-20/h4-8,11,14,20H,1-3,9-10,12-13,15-17H2. The third-order valence-corrected chi connectivity index (χ3v) is 7.62. The molecule has 0 spiro atoms. The minimum atomic E-state index is 0.516. The van der Waals surface area contributed by atoms with E-state index in [2.05, 4.69) is 55.9 Å². The van der Waals surface area contributed by atoms with Crippen LogP contribution in [0.5, 0.6) is 0 Å². The third-order valence-electron chi connectivity index (χ3n) is 6.34. The Morgan fingerprint density at radius 2 is 1.86 bits per heavy atom. The van der Waals surface area contributed by atoms with E-state index < -0.39 is 0 Å². The molecule has 4 nitrogen and oxygen atoms in total. The van der Waals surface area contributed by atoms with Gasteiger partial charge in [0.1, 0.15) is 5.82 Å². The van der Waals surface area contributed by atoms with Crippen LogP contribution in [-0.2, 0) is 26.1 Å². The molecule has 2 aromatic heterocycles. The molecule has 1 aliphatic heterocycles. The first kappa shape index (κ1) is 19.2. The number of fused-ring (bicyclic) bond motifs is 1. The lowest BCUT2D eigenvalue weighted by Crippen LogP contribution is -2.32. The van der Waals surface area contributed by atoms with Crippen molar-refractivity contribution in [3.8, 4) is 0 Å². The Morgan fingerprint density at radius 3 is 2.66 bits per heavy atom. The lowest BCUT2D eigenvalue weighted by Gasteiger charge is -2.28. The number of benzene rings is 1. The average molecular weight is 425 g/mol. The van der Waals surface area contributed by atoms with E-state index in [0.29, 0.717) is 6.04 Å². The number of aromatic nitrogens is 3. The SMILES string of the molecule is S=c1n(CN2CCc3ccccc3C2)nc(Cc2cccs2)n1C1CCCCC1. The highest BCUT2D eigenvalue weighted by Gasteiger charge is 2.23. The van der Waals surface area contributed by atoms with E-state index in [1.165, 1.54) is 48.1 Å². The monoisotopic (exact) mass is 424 g/mol. The van der Waals surface area contributed by atoms with Gasteiger partial charge >= 0.3 is 0 Å². The molecule has 152 valence electrons. The maximum absolute atomic E-state index is 5.98. The van der Waals surface area contributed by atoms with Gasteiger partial charge in [0.25, 0.3) is 0 Å². The summed E-state index contributed by atoms with van der Waals surface area (Å²) in [4.78, 5) is 3.84. The zero-order valence-electron chi connectivity index (χ0n) is 16.8. The quantitative estimate of drug-likeness (QED) is 0.500. The second-order valence-electron chi connectivity index (χ2n) is 8.33. The average Bonchev–Trinajstić information content (AvgIpc) is 3.37.